The molecular formula is C15H22N4OS. The van der Waals surface area contributed by atoms with Crippen LogP contribution < -0.4 is 10.9 Å². The molecule has 1 aliphatic rings. The summed E-state index contributed by atoms with van der Waals surface area (Å²) >= 11 is 1.54. The van der Waals surface area contributed by atoms with Crippen molar-refractivity contribution in [1.29, 1.82) is 0 Å². The van der Waals surface area contributed by atoms with Gasteiger partial charge in [0.15, 0.2) is 4.96 Å². The van der Waals surface area contributed by atoms with Gasteiger partial charge >= 0.3 is 0 Å². The standard InChI is InChI=1S/C15H22N4OS/c1-11-10-21-15-17-13(6-14(20)19(11)15)9-18-5-3-4-12(8-18)7-16-2/h6,10,12,16H,3-5,7-9H2,1-2H3. The molecule has 114 valence electrons. The van der Waals surface area contributed by atoms with Crippen molar-refractivity contribution < 1.29 is 0 Å². The Balaban J connectivity index is 1.77. The van der Waals surface area contributed by atoms with Crippen LogP contribution in [0.25, 0.3) is 4.96 Å². The van der Waals surface area contributed by atoms with Crippen LogP contribution in [-0.2, 0) is 6.54 Å². The van der Waals surface area contributed by atoms with Crippen molar-refractivity contribution in [3.63, 3.8) is 0 Å². The van der Waals surface area contributed by atoms with E-state index in [-0.39, 0.29) is 5.56 Å². The van der Waals surface area contributed by atoms with E-state index in [1.807, 2.05) is 19.4 Å². The Kier molecular flexibility index (Phi) is 4.37. The first kappa shape index (κ1) is 14.7. The quantitative estimate of drug-likeness (QED) is 0.930. The number of rotatable bonds is 4. The molecule has 1 saturated heterocycles. The van der Waals surface area contributed by atoms with Crippen molar-refractivity contribution in [2.45, 2.75) is 26.3 Å². The summed E-state index contributed by atoms with van der Waals surface area (Å²) < 4.78 is 1.69. The summed E-state index contributed by atoms with van der Waals surface area (Å²) in [5.74, 6) is 0.706. The Bertz CT molecular complexity index is 676. The third kappa shape index (κ3) is 3.17. The summed E-state index contributed by atoms with van der Waals surface area (Å²) in [6.07, 6.45) is 2.52. The molecule has 21 heavy (non-hydrogen) atoms. The van der Waals surface area contributed by atoms with Crippen LogP contribution in [0, 0.1) is 12.8 Å². The lowest BCUT2D eigenvalue weighted by Crippen LogP contribution is -2.38. The van der Waals surface area contributed by atoms with E-state index in [0.717, 1.165) is 42.5 Å². The van der Waals surface area contributed by atoms with Gasteiger partial charge in [0.2, 0.25) is 0 Å². The Morgan fingerprint density at radius 3 is 3.19 bits per heavy atom. The number of nitrogens with one attached hydrogen (secondary N) is 1. The van der Waals surface area contributed by atoms with Gasteiger partial charge in [-0.2, -0.15) is 0 Å². The maximum atomic E-state index is 12.2. The zero-order valence-corrected chi connectivity index (χ0v) is 13.4. The number of hydrogen-bond donors (Lipinski definition) is 1. The molecule has 0 spiro atoms. The first-order valence-electron chi connectivity index (χ1n) is 7.51. The molecule has 3 heterocycles. The Morgan fingerprint density at radius 1 is 1.52 bits per heavy atom. The van der Waals surface area contributed by atoms with Gasteiger partial charge in [-0.05, 0) is 45.8 Å². The maximum absolute atomic E-state index is 12.2. The molecular weight excluding hydrogens is 284 g/mol. The number of thiazole rings is 1. The minimum absolute atomic E-state index is 0.0394. The van der Waals surface area contributed by atoms with Gasteiger partial charge in [0, 0.05) is 30.2 Å². The van der Waals surface area contributed by atoms with Crippen molar-refractivity contribution >= 4 is 16.3 Å². The number of nitrogens with zero attached hydrogens (tertiary/aromatic N) is 3. The van der Waals surface area contributed by atoms with E-state index < -0.39 is 0 Å². The molecule has 1 aliphatic heterocycles. The van der Waals surface area contributed by atoms with E-state index in [2.05, 4.69) is 15.2 Å². The zero-order valence-electron chi connectivity index (χ0n) is 12.6. The number of piperidine rings is 1. The van der Waals surface area contributed by atoms with Crippen LogP contribution in [0.2, 0.25) is 0 Å². The number of aromatic nitrogens is 2. The average molecular weight is 306 g/mol. The summed E-state index contributed by atoms with van der Waals surface area (Å²) in [4.78, 5) is 20.1. The summed E-state index contributed by atoms with van der Waals surface area (Å²) in [6, 6.07) is 1.69. The van der Waals surface area contributed by atoms with Crippen LogP contribution in [0.5, 0.6) is 0 Å². The lowest BCUT2D eigenvalue weighted by atomic mass is 9.98. The van der Waals surface area contributed by atoms with Gasteiger partial charge in [-0.15, -0.1) is 11.3 Å². The van der Waals surface area contributed by atoms with Crippen LogP contribution in [0.1, 0.15) is 24.2 Å². The van der Waals surface area contributed by atoms with Crippen LogP contribution >= 0.6 is 11.3 Å². The molecule has 3 rings (SSSR count). The normalized spacial score (nSPS) is 20.2. The number of aryl methyl sites for hydroxylation is 1. The summed E-state index contributed by atoms with van der Waals surface area (Å²) in [5, 5.41) is 5.25. The predicted molar refractivity (Wildman–Crippen MR) is 86.0 cm³/mol. The van der Waals surface area contributed by atoms with Gasteiger partial charge in [-0.1, -0.05) is 0 Å². The molecule has 2 aromatic rings. The number of likely N-dealkylation sites (tertiary alicyclic amines) is 1. The fraction of sp³-hybridized carbons (Fsp3) is 0.600. The van der Waals surface area contributed by atoms with Crippen LogP contribution in [0.3, 0.4) is 0 Å². The molecule has 0 bridgehead atoms. The highest BCUT2D eigenvalue weighted by Crippen LogP contribution is 2.18. The smallest absolute Gasteiger partial charge is 0.259 e. The number of fused-ring (bicyclic) bond motifs is 1. The van der Waals surface area contributed by atoms with Crippen molar-refractivity contribution in [3.05, 3.63) is 33.2 Å². The first-order valence-corrected chi connectivity index (χ1v) is 8.39. The molecule has 0 saturated carbocycles. The van der Waals surface area contributed by atoms with Crippen LogP contribution in [0.15, 0.2) is 16.2 Å². The monoisotopic (exact) mass is 306 g/mol. The first-order chi connectivity index (χ1) is 10.2. The maximum Gasteiger partial charge on any atom is 0.259 e. The highest BCUT2D eigenvalue weighted by molar-refractivity contribution is 7.15. The van der Waals surface area contributed by atoms with Gasteiger partial charge in [0.1, 0.15) is 0 Å². The molecule has 5 nitrogen and oxygen atoms in total. The SMILES string of the molecule is CNCC1CCCN(Cc2cc(=O)n3c(C)csc3n2)C1. The molecule has 0 aliphatic carbocycles. The van der Waals surface area contributed by atoms with Gasteiger partial charge in [-0.3, -0.25) is 14.1 Å². The summed E-state index contributed by atoms with van der Waals surface area (Å²) in [7, 11) is 2.01. The van der Waals surface area contributed by atoms with Gasteiger partial charge < -0.3 is 5.32 Å². The van der Waals surface area contributed by atoms with E-state index in [1.165, 1.54) is 24.2 Å². The predicted octanol–water partition coefficient (Wildman–Crippen LogP) is 1.50. The zero-order chi connectivity index (χ0) is 14.8. The van der Waals surface area contributed by atoms with Crippen molar-refractivity contribution in [2.75, 3.05) is 26.7 Å². The van der Waals surface area contributed by atoms with E-state index in [0.29, 0.717) is 5.92 Å². The van der Waals surface area contributed by atoms with E-state index in [9.17, 15) is 4.79 Å². The third-order valence-corrected chi connectivity index (χ3v) is 5.05. The van der Waals surface area contributed by atoms with Gasteiger partial charge in [0.25, 0.3) is 5.56 Å². The van der Waals surface area contributed by atoms with Crippen LogP contribution in [-0.4, -0.2) is 41.0 Å². The van der Waals surface area contributed by atoms with E-state index in [4.69, 9.17) is 0 Å². The topological polar surface area (TPSA) is 49.6 Å². The number of hydrogen-bond acceptors (Lipinski definition) is 5. The van der Waals surface area contributed by atoms with Crippen molar-refractivity contribution in [2.24, 2.45) is 5.92 Å². The highest BCUT2D eigenvalue weighted by Gasteiger charge is 2.20. The minimum Gasteiger partial charge on any atom is -0.319 e. The fourth-order valence-electron chi connectivity index (χ4n) is 3.16. The molecule has 0 amide bonds. The van der Waals surface area contributed by atoms with Gasteiger partial charge in [-0.25, -0.2) is 4.98 Å². The molecule has 0 aromatic carbocycles. The van der Waals surface area contributed by atoms with Crippen LogP contribution in [0.4, 0.5) is 0 Å². The fourth-order valence-corrected chi connectivity index (χ4v) is 4.05. The molecule has 1 N–H and O–H groups in total. The largest absolute Gasteiger partial charge is 0.319 e. The Hall–Kier alpha value is -1.24. The molecule has 0 radical (unpaired) electrons. The molecule has 1 atom stereocenters. The lowest BCUT2D eigenvalue weighted by Gasteiger charge is -2.32. The van der Waals surface area contributed by atoms with Gasteiger partial charge in [0.05, 0.1) is 5.69 Å². The molecule has 2 aromatic heterocycles. The minimum atomic E-state index is 0.0394. The average Bonchev–Trinajstić information content (AvgIpc) is 2.81. The second-order valence-corrected chi connectivity index (χ2v) is 6.72. The molecule has 1 fully saturated rings. The Labute approximate surface area is 128 Å². The highest BCUT2D eigenvalue weighted by atomic mass is 32.1. The van der Waals surface area contributed by atoms with E-state index in [1.54, 1.807) is 10.5 Å². The second kappa shape index (κ2) is 6.25. The second-order valence-electron chi connectivity index (χ2n) is 5.88. The lowest BCUT2D eigenvalue weighted by molar-refractivity contribution is 0.165. The summed E-state index contributed by atoms with van der Waals surface area (Å²) in [6.45, 7) is 5.98. The third-order valence-electron chi connectivity index (χ3n) is 4.11. The summed E-state index contributed by atoms with van der Waals surface area (Å²) in [5.41, 5.74) is 1.90. The molecule has 1 unspecified atom stereocenters. The van der Waals surface area contributed by atoms with E-state index >= 15 is 0 Å². The molecule has 6 heteroatoms. The Morgan fingerprint density at radius 2 is 2.38 bits per heavy atom. The van der Waals surface area contributed by atoms with Crippen molar-refractivity contribution in [1.82, 2.24) is 19.6 Å². The van der Waals surface area contributed by atoms with Crippen molar-refractivity contribution in [3.8, 4) is 0 Å².